The fourth-order valence-electron chi connectivity index (χ4n) is 2.68. The molecule has 0 bridgehead atoms. The molecule has 0 spiro atoms. The Morgan fingerprint density at radius 2 is 1.23 bits per heavy atom. The van der Waals surface area contributed by atoms with Crippen molar-refractivity contribution < 1.29 is 0 Å². The van der Waals surface area contributed by atoms with Crippen molar-refractivity contribution in [1.29, 1.82) is 0 Å². The molecule has 0 heterocycles. The maximum absolute atomic E-state index is 5.74. The first kappa shape index (κ1) is 14.4. The summed E-state index contributed by atoms with van der Waals surface area (Å²) >= 11 is 0. The molecule has 22 heavy (non-hydrogen) atoms. The normalized spacial score (nSPS) is 10.5. The summed E-state index contributed by atoms with van der Waals surface area (Å²) in [5.41, 5.74) is 10.9. The van der Waals surface area contributed by atoms with Gasteiger partial charge in [-0.3, -0.25) is 5.84 Å². The molecule has 0 saturated carbocycles. The Balaban J connectivity index is 2.22. The van der Waals surface area contributed by atoms with Crippen LogP contribution in [-0.4, -0.2) is 0 Å². The molecule has 110 valence electrons. The summed E-state index contributed by atoms with van der Waals surface area (Å²) in [5, 5.41) is 0. The molecule has 0 atom stereocenters. The van der Waals surface area contributed by atoms with Crippen LogP contribution in [0.3, 0.4) is 0 Å². The van der Waals surface area contributed by atoms with Crippen LogP contribution < -0.4 is 11.3 Å². The minimum absolute atomic E-state index is 0.932. The largest absolute Gasteiger partial charge is 0.323 e. The Hall–Kier alpha value is -2.58. The summed E-state index contributed by atoms with van der Waals surface area (Å²) in [6, 6.07) is 23.3. The molecule has 2 heteroatoms. The first-order valence-corrected chi connectivity index (χ1v) is 7.43. The van der Waals surface area contributed by atoms with Crippen LogP contribution in [0.15, 0.2) is 66.7 Å². The molecular weight excluding hydrogens is 268 g/mol. The van der Waals surface area contributed by atoms with E-state index in [0.29, 0.717) is 0 Å². The zero-order valence-electron chi connectivity index (χ0n) is 12.9. The number of nitrogens with one attached hydrogen (secondary N) is 1. The molecule has 3 aromatic rings. The van der Waals surface area contributed by atoms with Crippen molar-refractivity contribution in [2.45, 2.75) is 13.8 Å². The zero-order valence-corrected chi connectivity index (χ0v) is 12.9. The Kier molecular flexibility index (Phi) is 3.94. The average molecular weight is 288 g/mol. The van der Waals surface area contributed by atoms with Gasteiger partial charge in [0.15, 0.2) is 0 Å². The molecule has 0 aliphatic heterocycles. The van der Waals surface area contributed by atoms with E-state index >= 15 is 0 Å². The van der Waals surface area contributed by atoms with Crippen molar-refractivity contribution in [3.8, 4) is 22.3 Å². The average Bonchev–Trinajstić information content (AvgIpc) is 2.56. The van der Waals surface area contributed by atoms with E-state index in [1.165, 1.54) is 22.3 Å². The van der Waals surface area contributed by atoms with E-state index in [4.69, 9.17) is 5.84 Å². The molecule has 0 saturated heterocycles. The van der Waals surface area contributed by atoms with Gasteiger partial charge in [-0.15, -0.1) is 0 Å². The quantitative estimate of drug-likeness (QED) is 0.530. The lowest BCUT2D eigenvalue weighted by Gasteiger charge is -2.15. The summed E-state index contributed by atoms with van der Waals surface area (Å²) in [4.78, 5) is 0. The van der Waals surface area contributed by atoms with Crippen LogP contribution >= 0.6 is 0 Å². The number of nitrogen functional groups attached to an aromatic ring is 1. The van der Waals surface area contributed by atoms with Crippen LogP contribution in [0.4, 0.5) is 5.69 Å². The number of aryl methyl sites for hydroxylation is 2. The van der Waals surface area contributed by atoms with Gasteiger partial charge in [0.05, 0.1) is 5.69 Å². The van der Waals surface area contributed by atoms with Crippen LogP contribution in [0.1, 0.15) is 11.1 Å². The monoisotopic (exact) mass is 288 g/mol. The number of hydrogen-bond acceptors (Lipinski definition) is 2. The minimum Gasteiger partial charge on any atom is -0.323 e. The van der Waals surface area contributed by atoms with E-state index < -0.39 is 0 Å². The van der Waals surface area contributed by atoms with Crippen LogP contribution in [0, 0.1) is 13.8 Å². The second kappa shape index (κ2) is 6.04. The highest BCUT2D eigenvalue weighted by atomic mass is 15.2. The zero-order chi connectivity index (χ0) is 15.5. The van der Waals surface area contributed by atoms with Crippen molar-refractivity contribution in [2.75, 3.05) is 5.43 Å². The van der Waals surface area contributed by atoms with Gasteiger partial charge in [0.25, 0.3) is 0 Å². The van der Waals surface area contributed by atoms with E-state index in [0.717, 1.165) is 16.8 Å². The summed E-state index contributed by atoms with van der Waals surface area (Å²) in [5.74, 6) is 5.74. The smallest absolute Gasteiger partial charge is 0.0569 e. The number of nitrogens with two attached hydrogens (primary N) is 1. The van der Waals surface area contributed by atoms with Crippen molar-refractivity contribution in [2.24, 2.45) is 5.84 Å². The van der Waals surface area contributed by atoms with E-state index in [1.54, 1.807) is 0 Å². The summed E-state index contributed by atoms with van der Waals surface area (Å²) in [7, 11) is 0. The predicted molar refractivity (Wildman–Crippen MR) is 94.6 cm³/mol. The lowest BCUT2D eigenvalue weighted by Crippen LogP contribution is -2.08. The maximum atomic E-state index is 5.74. The number of benzene rings is 3. The van der Waals surface area contributed by atoms with Crippen LogP contribution in [0.5, 0.6) is 0 Å². The van der Waals surface area contributed by atoms with Gasteiger partial charge in [0, 0.05) is 5.56 Å². The van der Waals surface area contributed by atoms with Crippen LogP contribution in [0.25, 0.3) is 22.3 Å². The fraction of sp³-hybridized carbons (Fsp3) is 0.100. The molecule has 0 unspecified atom stereocenters. The number of hydrazine groups is 1. The maximum Gasteiger partial charge on any atom is 0.0569 e. The van der Waals surface area contributed by atoms with Crippen molar-refractivity contribution in [3.63, 3.8) is 0 Å². The summed E-state index contributed by atoms with van der Waals surface area (Å²) < 4.78 is 0. The van der Waals surface area contributed by atoms with Gasteiger partial charge in [-0.05, 0) is 36.6 Å². The molecule has 3 aromatic carbocycles. The van der Waals surface area contributed by atoms with Crippen molar-refractivity contribution >= 4 is 5.69 Å². The molecule has 0 radical (unpaired) electrons. The lowest BCUT2D eigenvalue weighted by molar-refractivity contribution is 1.35. The molecular formula is C20H20N2. The predicted octanol–water partition coefficient (Wildman–Crippen LogP) is 4.92. The summed E-state index contributed by atoms with van der Waals surface area (Å²) in [6.45, 7) is 4.19. The first-order chi connectivity index (χ1) is 10.7. The molecule has 0 aliphatic carbocycles. The standard InChI is InChI=1S/C20H20N2/c1-14-6-10-16(11-7-14)18-4-3-5-19(22-21)20(18)17-12-8-15(2)9-13-17/h3-13,22H,21H2,1-2H3. The lowest BCUT2D eigenvalue weighted by atomic mass is 9.92. The molecule has 0 amide bonds. The van der Waals surface area contributed by atoms with E-state index in [2.05, 4.69) is 73.9 Å². The Morgan fingerprint density at radius 1 is 0.682 bits per heavy atom. The SMILES string of the molecule is Cc1ccc(-c2cccc(NN)c2-c2ccc(C)cc2)cc1. The van der Waals surface area contributed by atoms with Gasteiger partial charge in [-0.25, -0.2) is 0 Å². The summed E-state index contributed by atoms with van der Waals surface area (Å²) in [6.07, 6.45) is 0. The third-order valence-corrected chi connectivity index (χ3v) is 3.92. The van der Waals surface area contributed by atoms with E-state index in [-0.39, 0.29) is 0 Å². The minimum atomic E-state index is 0.932. The van der Waals surface area contributed by atoms with Gasteiger partial charge in [-0.2, -0.15) is 0 Å². The van der Waals surface area contributed by atoms with Gasteiger partial charge >= 0.3 is 0 Å². The molecule has 3 N–H and O–H groups in total. The topological polar surface area (TPSA) is 38.0 Å². The molecule has 0 aliphatic rings. The van der Waals surface area contributed by atoms with E-state index in [1.807, 2.05) is 12.1 Å². The number of hydrogen-bond donors (Lipinski definition) is 2. The second-order valence-electron chi connectivity index (χ2n) is 5.60. The van der Waals surface area contributed by atoms with Crippen LogP contribution in [-0.2, 0) is 0 Å². The van der Waals surface area contributed by atoms with Gasteiger partial charge in [0.1, 0.15) is 0 Å². The highest BCUT2D eigenvalue weighted by Crippen LogP contribution is 2.37. The number of rotatable bonds is 3. The second-order valence-corrected chi connectivity index (χ2v) is 5.60. The molecule has 0 aromatic heterocycles. The molecule has 3 rings (SSSR count). The first-order valence-electron chi connectivity index (χ1n) is 7.43. The van der Waals surface area contributed by atoms with Crippen LogP contribution in [0.2, 0.25) is 0 Å². The Bertz CT molecular complexity index is 772. The third-order valence-electron chi connectivity index (χ3n) is 3.92. The number of anilines is 1. The molecule has 0 fully saturated rings. The van der Waals surface area contributed by atoms with E-state index in [9.17, 15) is 0 Å². The third kappa shape index (κ3) is 2.74. The Labute approximate surface area is 131 Å². The van der Waals surface area contributed by atoms with Gasteiger partial charge in [-0.1, -0.05) is 71.8 Å². The van der Waals surface area contributed by atoms with Crippen molar-refractivity contribution in [1.82, 2.24) is 0 Å². The highest BCUT2D eigenvalue weighted by molar-refractivity contribution is 5.91. The van der Waals surface area contributed by atoms with Crippen molar-refractivity contribution in [3.05, 3.63) is 77.9 Å². The Morgan fingerprint density at radius 3 is 1.77 bits per heavy atom. The molecule has 2 nitrogen and oxygen atoms in total. The fourth-order valence-corrected chi connectivity index (χ4v) is 2.68. The van der Waals surface area contributed by atoms with Gasteiger partial charge < -0.3 is 5.43 Å². The van der Waals surface area contributed by atoms with Gasteiger partial charge in [0.2, 0.25) is 0 Å². The highest BCUT2D eigenvalue weighted by Gasteiger charge is 2.11.